The summed E-state index contributed by atoms with van der Waals surface area (Å²) in [4.78, 5) is 21.6. The molecule has 0 spiro atoms. The maximum absolute atomic E-state index is 11.0. The number of hydrogen-bond donors (Lipinski definition) is 3. The van der Waals surface area contributed by atoms with Gasteiger partial charge in [0.05, 0.1) is 18.6 Å². The second-order valence-electron chi connectivity index (χ2n) is 3.75. The first-order valence-electron chi connectivity index (χ1n) is 5.22. The van der Waals surface area contributed by atoms with E-state index in [4.69, 9.17) is 5.11 Å². The molecule has 0 radical (unpaired) electrons. The lowest BCUT2D eigenvalue weighted by molar-refractivity contribution is -0.140. The van der Waals surface area contributed by atoms with E-state index in [0.29, 0.717) is 5.56 Å². The van der Waals surface area contributed by atoms with Crippen LogP contribution in [0.2, 0.25) is 0 Å². The number of benzene rings is 1. The van der Waals surface area contributed by atoms with E-state index in [9.17, 15) is 14.7 Å². The molecule has 1 aromatic carbocycles. The Hall–Kier alpha value is -1.88. The summed E-state index contributed by atoms with van der Waals surface area (Å²) in [6, 6.07) is 8.08. The van der Waals surface area contributed by atoms with E-state index in [2.05, 4.69) is 5.32 Å². The number of rotatable bonds is 5. The number of amides is 1. The Morgan fingerprint density at radius 2 is 1.88 bits per heavy atom. The van der Waals surface area contributed by atoms with Crippen LogP contribution >= 0.6 is 0 Å². The summed E-state index contributed by atoms with van der Waals surface area (Å²) >= 11 is 0. The number of aliphatic hydroxyl groups is 1. The predicted octanol–water partition coefficient (Wildman–Crippen LogP) is 0.699. The van der Waals surface area contributed by atoms with E-state index in [-0.39, 0.29) is 5.91 Å². The fourth-order valence-electron chi connectivity index (χ4n) is 1.58. The van der Waals surface area contributed by atoms with Gasteiger partial charge < -0.3 is 15.5 Å². The molecule has 1 amide bonds. The second-order valence-corrected chi connectivity index (χ2v) is 3.75. The molecule has 1 unspecified atom stereocenters. The molecule has 0 aromatic heterocycles. The number of carboxylic acid groups (broad SMARTS) is 1. The number of aliphatic hydroxyl groups excluding tert-OH is 1. The van der Waals surface area contributed by atoms with Crippen molar-refractivity contribution >= 4 is 11.9 Å². The highest BCUT2D eigenvalue weighted by molar-refractivity contribution is 5.74. The Morgan fingerprint density at radius 3 is 2.35 bits per heavy atom. The Labute approximate surface area is 99.1 Å². The lowest BCUT2D eigenvalue weighted by Crippen LogP contribution is -2.36. The molecular formula is C12H15NO4. The van der Waals surface area contributed by atoms with Gasteiger partial charge in [-0.1, -0.05) is 30.3 Å². The van der Waals surface area contributed by atoms with Gasteiger partial charge in [0.2, 0.25) is 5.91 Å². The highest BCUT2D eigenvalue weighted by Gasteiger charge is 2.23. The van der Waals surface area contributed by atoms with Crippen molar-refractivity contribution in [3.63, 3.8) is 0 Å². The summed E-state index contributed by atoms with van der Waals surface area (Å²) < 4.78 is 0. The molecule has 0 saturated carbocycles. The Morgan fingerprint density at radius 1 is 1.29 bits per heavy atom. The molecule has 1 aromatic rings. The molecule has 0 aliphatic heterocycles. The van der Waals surface area contributed by atoms with Crippen LogP contribution in [0.3, 0.4) is 0 Å². The van der Waals surface area contributed by atoms with Gasteiger partial charge in [0.25, 0.3) is 0 Å². The molecule has 5 nitrogen and oxygen atoms in total. The van der Waals surface area contributed by atoms with E-state index in [1.54, 1.807) is 30.3 Å². The molecule has 2 atom stereocenters. The molecule has 17 heavy (non-hydrogen) atoms. The SMILES string of the molecule is CC(=O)N[C@H](c1ccccc1)C(O)CC(=O)O. The minimum Gasteiger partial charge on any atom is -0.481 e. The van der Waals surface area contributed by atoms with Gasteiger partial charge in [0, 0.05) is 6.92 Å². The highest BCUT2D eigenvalue weighted by atomic mass is 16.4. The fraction of sp³-hybridized carbons (Fsp3) is 0.333. The zero-order chi connectivity index (χ0) is 12.8. The van der Waals surface area contributed by atoms with Crippen LogP contribution in [0.5, 0.6) is 0 Å². The zero-order valence-electron chi connectivity index (χ0n) is 9.46. The minimum absolute atomic E-state index is 0.316. The monoisotopic (exact) mass is 237 g/mol. The van der Waals surface area contributed by atoms with Gasteiger partial charge in [0.15, 0.2) is 0 Å². The van der Waals surface area contributed by atoms with Crippen molar-refractivity contribution < 1.29 is 19.8 Å². The first kappa shape index (κ1) is 13.2. The smallest absolute Gasteiger partial charge is 0.306 e. The van der Waals surface area contributed by atoms with Crippen LogP contribution in [0.1, 0.15) is 24.9 Å². The van der Waals surface area contributed by atoms with Gasteiger partial charge in [-0.3, -0.25) is 9.59 Å². The van der Waals surface area contributed by atoms with E-state index in [0.717, 1.165) is 0 Å². The molecule has 0 fully saturated rings. The third-order valence-corrected chi connectivity index (χ3v) is 2.29. The number of nitrogens with one attached hydrogen (secondary N) is 1. The molecule has 0 heterocycles. The van der Waals surface area contributed by atoms with E-state index < -0.39 is 24.5 Å². The Kier molecular flexibility index (Phi) is 4.66. The van der Waals surface area contributed by atoms with Crippen LogP contribution in [0, 0.1) is 0 Å². The molecule has 3 N–H and O–H groups in total. The largest absolute Gasteiger partial charge is 0.481 e. The zero-order valence-corrected chi connectivity index (χ0v) is 9.46. The summed E-state index contributed by atoms with van der Waals surface area (Å²) in [5.41, 5.74) is 0.677. The molecule has 92 valence electrons. The molecule has 1 rings (SSSR count). The summed E-state index contributed by atoms with van der Waals surface area (Å²) in [5, 5.41) is 21.0. The van der Waals surface area contributed by atoms with Crippen molar-refractivity contribution in [2.24, 2.45) is 0 Å². The van der Waals surface area contributed by atoms with Crippen molar-refractivity contribution in [2.75, 3.05) is 0 Å². The van der Waals surface area contributed by atoms with Crippen molar-refractivity contribution in [3.8, 4) is 0 Å². The van der Waals surface area contributed by atoms with Crippen LogP contribution in [-0.4, -0.2) is 28.2 Å². The van der Waals surface area contributed by atoms with Crippen LogP contribution in [0.15, 0.2) is 30.3 Å². The predicted molar refractivity (Wildman–Crippen MR) is 61.3 cm³/mol. The lowest BCUT2D eigenvalue weighted by atomic mass is 9.99. The van der Waals surface area contributed by atoms with Crippen LogP contribution in [0.4, 0.5) is 0 Å². The lowest BCUT2D eigenvalue weighted by Gasteiger charge is -2.22. The molecule has 0 bridgehead atoms. The number of hydrogen-bond acceptors (Lipinski definition) is 3. The van der Waals surface area contributed by atoms with Gasteiger partial charge in [-0.05, 0) is 5.56 Å². The topological polar surface area (TPSA) is 86.6 Å². The van der Waals surface area contributed by atoms with Gasteiger partial charge in [-0.15, -0.1) is 0 Å². The maximum atomic E-state index is 11.0. The van der Waals surface area contributed by atoms with Crippen molar-refractivity contribution in [3.05, 3.63) is 35.9 Å². The minimum atomic E-state index is -1.15. The molecule has 0 aliphatic rings. The number of carbonyl (C=O) groups excluding carboxylic acids is 1. The van der Waals surface area contributed by atoms with Gasteiger partial charge in [-0.25, -0.2) is 0 Å². The quantitative estimate of drug-likeness (QED) is 0.703. The average molecular weight is 237 g/mol. The van der Waals surface area contributed by atoms with E-state index >= 15 is 0 Å². The average Bonchev–Trinajstić information content (AvgIpc) is 2.25. The molecule has 0 aliphatic carbocycles. The maximum Gasteiger partial charge on any atom is 0.306 e. The normalized spacial score (nSPS) is 13.8. The van der Waals surface area contributed by atoms with Crippen molar-refractivity contribution in [1.29, 1.82) is 0 Å². The van der Waals surface area contributed by atoms with Gasteiger partial charge >= 0.3 is 5.97 Å². The number of aliphatic carboxylic acids is 1. The summed E-state index contributed by atoms with van der Waals surface area (Å²) in [6.45, 7) is 1.32. The Bertz CT molecular complexity index is 391. The molecule has 5 heteroatoms. The number of carbonyl (C=O) groups is 2. The second kappa shape index (κ2) is 6.00. The van der Waals surface area contributed by atoms with Crippen LogP contribution in [0.25, 0.3) is 0 Å². The van der Waals surface area contributed by atoms with Crippen molar-refractivity contribution in [1.82, 2.24) is 5.32 Å². The first-order valence-corrected chi connectivity index (χ1v) is 5.22. The fourth-order valence-corrected chi connectivity index (χ4v) is 1.58. The number of carboxylic acids is 1. The summed E-state index contributed by atoms with van der Waals surface area (Å²) in [6.07, 6.45) is -1.57. The van der Waals surface area contributed by atoms with Crippen LogP contribution in [-0.2, 0) is 9.59 Å². The highest BCUT2D eigenvalue weighted by Crippen LogP contribution is 2.18. The summed E-state index contributed by atoms with van der Waals surface area (Å²) in [7, 11) is 0. The van der Waals surface area contributed by atoms with E-state index in [1.807, 2.05) is 0 Å². The molecule has 0 saturated heterocycles. The first-order chi connectivity index (χ1) is 8.00. The van der Waals surface area contributed by atoms with Crippen LogP contribution < -0.4 is 5.32 Å². The van der Waals surface area contributed by atoms with E-state index in [1.165, 1.54) is 6.92 Å². The third kappa shape index (κ3) is 4.24. The summed E-state index contributed by atoms with van der Waals surface area (Å²) in [5.74, 6) is -1.42. The van der Waals surface area contributed by atoms with Crippen molar-refractivity contribution in [2.45, 2.75) is 25.5 Å². The standard InChI is InChI=1S/C12H15NO4/c1-8(14)13-12(10(15)7-11(16)17)9-5-3-2-4-6-9/h2-6,10,12,15H,7H2,1H3,(H,13,14)(H,16,17)/t10?,12-/m1/s1. The van der Waals surface area contributed by atoms with Gasteiger partial charge in [0.1, 0.15) is 0 Å². The molecular weight excluding hydrogens is 222 g/mol. The Balaban J connectivity index is 2.87. The third-order valence-electron chi connectivity index (χ3n) is 2.29. The van der Waals surface area contributed by atoms with Gasteiger partial charge in [-0.2, -0.15) is 0 Å².